The first-order valence-corrected chi connectivity index (χ1v) is 9.46. The van der Waals surface area contributed by atoms with Gasteiger partial charge in [-0.2, -0.15) is 0 Å². The van der Waals surface area contributed by atoms with E-state index in [1.54, 1.807) is 0 Å². The standard InChI is InChI=1S/C14H26O3Si/c1-7-14(15)8-9-16-12(10-14)11-17-18(5,6)13(2,3)4/h1,12,15H,8-11H2,2-6H3. The van der Waals surface area contributed by atoms with Gasteiger partial charge in [-0.3, -0.25) is 0 Å². The second-order valence-corrected chi connectivity index (χ2v) is 11.5. The number of ether oxygens (including phenoxy) is 1. The largest absolute Gasteiger partial charge is 0.414 e. The molecule has 1 saturated heterocycles. The Kier molecular flexibility index (Phi) is 4.66. The van der Waals surface area contributed by atoms with Crippen LogP contribution in [0.15, 0.2) is 0 Å². The molecular formula is C14H26O3Si. The third-order valence-corrected chi connectivity index (χ3v) is 8.64. The smallest absolute Gasteiger partial charge is 0.192 e. The van der Waals surface area contributed by atoms with Crippen LogP contribution < -0.4 is 0 Å². The minimum atomic E-state index is -1.76. The van der Waals surface area contributed by atoms with Crippen LogP contribution in [-0.4, -0.2) is 38.3 Å². The Morgan fingerprint density at radius 3 is 2.61 bits per heavy atom. The molecule has 4 heteroatoms. The summed E-state index contributed by atoms with van der Waals surface area (Å²) in [7, 11) is -1.76. The quantitative estimate of drug-likeness (QED) is 0.633. The molecule has 0 aliphatic carbocycles. The van der Waals surface area contributed by atoms with Crippen LogP contribution in [0, 0.1) is 12.3 Å². The summed E-state index contributed by atoms with van der Waals surface area (Å²) in [5.74, 6) is 2.47. The molecule has 104 valence electrons. The van der Waals surface area contributed by atoms with Crippen molar-refractivity contribution in [3.8, 4) is 12.3 Å². The number of terminal acetylenes is 1. The van der Waals surface area contributed by atoms with Gasteiger partial charge in [0.15, 0.2) is 8.32 Å². The third kappa shape index (κ3) is 3.82. The summed E-state index contributed by atoms with van der Waals surface area (Å²) in [6, 6.07) is 0. The molecule has 1 aliphatic heterocycles. The van der Waals surface area contributed by atoms with Crippen LogP contribution in [0.4, 0.5) is 0 Å². The molecule has 1 rings (SSSR count). The molecule has 18 heavy (non-hydrogen) atoms. The van der Waals surface area contributed by atoms with Crippen LogP contribution in [0.5, 0.6) is 0 Å². The Bertz CT molecular complexity index is 327. The van der Waals surface area contributed by atoms with Crippen molar-refractivity contribution >= 4 is 8.32 Å². The summed E-state index contributed by atoms with van der Waals surface area (Å²) in [5, 5.41) is 10.3. The maximum atomic E-state index is 10.1. The van der Waals surface area contributed by atoms with E-state index in [0.717, 1.165) is 0 Å². The van der Waals surface area contributed by atoms with Crippen LogP contribution in [0.2, 0.25) is 18.1 Å². The lowest BCUT2D eigenvalue weighted by atomic mass is 9.92. The van der Waals surface area contributed by atoms with E-state index in [-0.39, 0.29) is 11.1 Å². The molecule has 0 aromatic heterocycles. The zero-order chi connectivity index (χ0) is 14.0. The lowest BCUT2D eigenvalue weighted by Crippen LogP contribution is -2.46. The van der Waals surface area contributed by atoms with Crippen molar-refractivity contribution in [2.75, 3.05) is 13.2 Å². The van der Waals surface area contributed by atoms with Crippen LogP contribution in [0.25, 0.3) is 0 Å². The van der Waals surface area contributed by atoms with Crippen LogP contribution in [0.1, 0.15) is 33.6 Å². The topological polar surface area (TPSA) is 38.7 Å². The molecular weight excluding hydrogens is 244 g/mol. The van der Waals surface area contributed by atoms with E-state index in [0.29, 0.717) is 26.1 Å². The lowest BCUT2D eigenvalue weighted by molar-refractivity contribution is -0.0885. The van der Waals surface area contributed by atoms with Gasteiger partial charge in [0.1, 0.15) is 5.60 Å². The number of hydrogen-bond donors (Lipinski definition) is 1. The SMILES string of the molecule is C#CC1(O)CCOC(CO[Si](C)(C)C(C)(C)C)C1. The Hall–Kier alpha value is -0.343. The highest BCUT2D eigenvalue weighted by atomic mass is 28.4. The fraction of sp³-hybridized carbons (Fsp3) is 0.857. The monoisotopic (exact) mass is 270 g/mol. The van der Waals surface area contributed by atoms with Gasteiger partial charge >= 0.3 is 0 Å². The molecule has 1 fully saturated rings. The number of rotatable bonds is 3. The predicted octanol–water partition coefficient (Wildman–Crippen LogP) is 2.55. The first-order chi connectivity index (χ1) is 8.10. The highest BCUT2D eigenvalue weighted by molar-refractivity contribution is 6.74. The van der Waals surface area contributed by atoms with E-state index in [2.05, 4.69) is 39.8 Å². The summed E-state index contributed by atoms with van der Waals surface area (Å²) < 4.78 is 11.7. The van der Waals surface area contributed by atoms with Crippen molar-refractivity contribution in [2.24, 2.45) is 0 Å². The summed E-state index contributed by atoms with van der Waals surface area (Å²) in [5.41, 5.74) is -1.01. The first kappa shape index (κ1) is 15.7. The number of hydrogen-bond acceptors (Lipinski definition) is 3. The van der Waals surface area contributed by atoms with E-state index in [1.807, 2.05) is 0 Å². The van der Waals surface area contributed by atoms with Crippen LogP contribution in [0.3, 0.4) is 0 Å². The average molecular weight is 270 g/mol. The van der Waals surface area contributed by atoms with Gasteiger partial charge in [-0.05, 0) is 18.1 Å². The minimum Gasteiger partial charge on any atom is -0.414 e. The molecule has 1 aliphatic rings. The zero-order valence-electron chi connectivity index (χ0n) is 12.2. The fourth-order valence-electron chi connectivity index (χ4n) is 1.69. The first-order valence-electron chi connectivity index (χ1n) is 6.55. The average Bonchev–Trinajstić information content (AvgIpc) is 2.25. The summed E-state index contributed by atoms with van der Waals surface area (Å²) >= 11 is 0. The summed E-state index contributed by atoms with van der Waals surface area (Å²) in [6.07, 6.45) is 6.26. The van der Waals surface area contributed by atoms with E-state index < -0.39 is 13.9 Å². The highest BCUT2D eigenvalue weighted by Crippen LogP contribution is 2.37. The second-order valence-electron chi connectivity index (χ2n) is 6.69. The maximum absolute atomic E-state index is 10.1. The molecule has 1 heterocycles. The maximum Gasteiger partial charge on any atom is 0.192 e. The fourth-order valence-corrected chi connectivity index (χ4v) is 2.72. The lowest BCUT2D eigenvalue weighted by Gasteiger charge is -2.39. The Morgan fingerprint density at radius 2 is 2.11 bits per heavy atom. The summed E-state index contributed by atoms with van der Waals surface area (Å²) in [6.45, 7) is 12.1. The molecule has 0 amide bonds. The highest BCUT2D eigenvalue weighted by Gasteiger charge is 2.39. The van der Waals surface area contributed by atoms with E-state index in [1.165, 1.54) is 0 Å². The summed E-state index contributed by atoms with van der Waals surface area (Å²) in [4.78, 5) is 0. The van der Waals surface area contributed by atoms with Crippen LogP contribution in [-0.2, 0) is 9.16 Å². The molecule has 0 saturated carbocycles. The number of aliphatic hydroxyl groups is 1. The molecule has 0 aromatic carbocycles. The molecule has 0 bridgehead atoms. The predicted molar refractivity (Wildman–Crippen MR) is 75.9 cm³/mol. The van der Waals surface area contributed by atoms with Gasteiger partial charge in [0.2, 0.25) is 0 Å². The van der Waals surface area contributed by atoms with Gasteiger partial charge in [-0.1, -0.05) is 26.7 Å². The van der Waals surface area contributed by atoms with Gasteiger partial charge in [0, 0.05) is 12.8 Å². The third-order valence-electron chi connectivity index (χ3n) is 4.14. The second kappa shape index (κ2) is 5.34. The Balaban J connectivity index is 2.52. The van der Waals surface area contributed by atoms with Crippen LogP contribution >= 0.6 is 0 Å². The molecule has 2 unspecified atom stereocenters. The van der Waals surface area contributed by atoms with E-state index in [4.69, 9.17) is 15.6 Å². The van der Waals surface area contributed by atoms with E-state index >= 15 is 0 Å². The zero-order valence-corrected chi connectivity index (χ0v) is 13.2. The molecule has 0 radical (unpaired) electrons. The normalized spacial score (nSPS) is 29.9. The molecule has 3 nitrogen and oxygen atoms in total. The Morgan fingerprint density at radius 1 is 1.50 bits per heavy atom. The van der Waals surface area contributed by atoms with Crippen molar-refractivity contribution in [3.63, 3.8) is 0 Å². The van der Waals surface area contributed by atoms with E-state index in [9.17, 15) is 5.11 Å². The van der Waals surface area contributed by atoms with Gasteiger partial charge in [0.05, 0.1) is 19.3 Å². The van der Waals surface area contributed by atoms with Crippen molar-refractivity contribution in [1.29, 1.82) is 0 Å². The molecule has 2 atom stereocenters. The molecule has 1 N–H and O–H groups in total. The van der Waals surface area contributed by atoms with Crippen molar-refractivity contribution in [2.45, 2.75) is 63.5 Å². The van der Waals surface area contributed by atoms with Crippen molar-refractivity contribution < 1.29 is 14.3 Å². The van der Waals surface area contributed by atoms with Crippen molar-refractivity contribution in [1.82, 2.24) is 0 Å². The van der Waals surface area contributed by atoms with Gasteiger partial charge in [-0.15, -0.1) is 6.42 Å². The van der Waals surface area contributed by atoms with Gasteiger partial charge in [0.25, 0.3) is 0 Å². The van der Waals surface area contributed by atoms with Crippen molar-refractivity contribution in [3.05, 3.63) is 0 Å². The molecule has 0 aromatic rings. The van der Waals surface area contributed by atoms with Gasteiger partial charge < -0.3 is 14.3 Å². The minimum absolute atomic E-state index is 0.0890. The Labute approximate surface area is 112 Å². The molecule has 0 spiro atoms. The van der Waals surface area contributed by atoms with Gasteiger partial charge in [-0.25, -0.2) is 0 Å².